The predicted octanol–water partition coefficient (Wildman–Crippen LogP) is 4.95. The first-order chi connectivity index (χ1) is 12.6. The summed E-state index contributed by atoms with van der Waals surface area (Å²) in [6.45, 7) is 6.07. The minimum Gasteiger partial charge on any atom is -0.356 e. The Bertz CT molecular complexity index is 1120. The van der Waals surface area contributed by atoms with E-state index < -0.39 is 0 Å². The van der Waals surface area contributed by atoms with Crippen molar-refractivity contribution in [1.29, 1.82) is 0 Å². The molecule has 0 aliphatic rings. The van der Waals surface area contributed by atoms with Crippen molar-refractivity contribution >= 4 is 10.9 Å². The fourth-order valence-corrected chi connectivity index (χ4v) is 3.54. The molecule has 0 aliphatic carbocycles. The molecule has 4 heteroatoms. The van der Waals surface area contributed by atoms with Crippen LogP contribution in [0, 0.1) is 6.92 Å². The first-order valence-electron chi connectivity index (χ1n) is 8.83. The first kappa shape index (κ1) is 16.3. The van der Waals surface area contributed by atoms with E-state index in [1.54, 1.807) is 4.57 Å². The van der Waals surface area contributed by atoms with Gasteiger partial charge in [0.05, 0.1) is 16.9 Å². The van der Waals surface area contributed by atoms with Crippen LogP contribution in [0.25, 0.3) is 33.4 Å². The van der Waals surface area contributed by atoms with Gasteiger partial charge in [-0.3, -0.25) is 4.57 Å². The number of nitrogens with zero attached hydrogens (tertiary/aromatic N) is 2. The van der Waals surface area contributed by atoms with Gasteiger partial charge < -0.3 is 4.98 Å². The summed E-state index contributed by atoms with van der Waals surface area (Å²) in [4.78, 5) is 20.8. The molecule has 4 nitrogen and oxygen atoms in total. The lowest BCUT2D eigenvalue weighted by atomic mass is 10.0. The molecule has 0 spiro atoms. The lowest BCUT2D eigenvalue weighted by Gasteiger charge is -2.15. The van der Waals surface area contributed by atoms with Crippen molar-refractivity contribution in [2.24, 2.45) is 0 Å². The van der Waals surface area contributed by atoms with E-state index in [1.165, 1.54) is 0 Å². The van der Waals surface area contributed by atoms with E-state index in [-0.39, 0.29) is 11.7 Å². The van der Waals surface area contributed by atoms with E-state index in [1.807, 2.05) is 69.3 Å². The normalized spacial score (nSPS) is 11.4. The van der Waals surface area contributed by atoms with Crippen LogP contribution in [-0.2, 0) is 0 Å². The number of benzene rings is 2. The summed E-state index contributed by atoms with van der Waals surface area (Å²) in [6, 6.07) is 20.0. The summed E-state index contributed by atoms with van der Waals surface area (Å²) in [5, 5.41) is 1.00. The number of aryl methyl sites for hydroxylation is 1. The summed E-state index contributed by atoms with van der Waals surface area (Å²) in [6.07, 6.45) is 0. The molecule has 0 atom stereocenters. The van der Waals surface area contributed by atoms with E-state index in [0.29, 0.717) is 0 Å². The van der Waals surface area contributed by atoms with E-state index in [0.717, 1.165) is 39.1 Å². The zero-order valence-corrected chi connectivity index (χ0v) is 15.2. The van der Waals surface area contributed by atoms with Crippen molar-refractivity contribution in [3.05, 3.63) is 76.8 Å². The standard InChI is InChI=1S/C22H21N3O/c1-14(2)25-21-18(15(3)23-20(21)17-12-8-5-9-13-17)19(24-22(25)26)16-10-6-4-7-11-16/h4-14,23H,1-3H3. The Labute approximate surface area is 152 Å². The molecule has 0 bridgehead atoms. The second-order valence-corrected chi connectivity index (χ2v) is 6.79. The minimum absolute atomic E-state index is 0.0139. The number of nitrogens with one attached hydrogen (secondary N) is 1. The van der Waals surface area contributed by atoms with Gasteiger partial charge in [0.2, 0.25) is 0 Å². The zero-order valence-electron chi connectivity index (χ0n) is 15.2. The minimum atomic E-state index is -0.220. The van der Waals surface area contributed by atoms with Gasteiger partial charge in [0.25, 0.3) is 0 Å². The molecule has 0 saturated carbocycles. The second-order valence-electron chi connectivity index (χ2n) is 6.79. The molecule has 2 aromatic heterocycles. The van der Waals surface area contributed by atoms with Gasteiger partial charge in [-0.25, -0.2) is 4.79 Å². The lowest BCUT2D eigenvalue weighted by Crippen LogP contribution is -2.25. The molecule has 26 heavy (non-hydrogen) atoms. The molecule has 0 aliphatic heterocycles. The Morgan fingerprint density at radius 3 is 2.08 bits per heavy atom. The van der Waals surface area contributed by atoms with Crippen LogP contribution in [0.15, 0.2) is 65.5 Å². The van der Waals surface area contributed by atoms with Crippen LogP contribution in [0.3, 0.4) is 0 Å². The highest BCUT2D eigenvalue weighted by Crippen LogP contribution is 2.35. The Kier molecular flexibility index (Phi) is 3.96. The Morgan fingerprint density at radius 1 is 0.923 bits per heavy atom. The molecule has 0 fully saturated rings. The van der Waals surface area contributed by atoms with Crippen LogP contribution in [0.1, 0.15) is 25.6 Å². The Hall–Kier alpha value is -3.14. The van der Waals surface area contributed by atoms with Gasteiger partial charge >= 0.3 is 5.69 Å². The smallest absolute Gasteiger partial charge is 0.348 e. The molecule has 0 saturated heterocycles. The number of aromatic nitrogens is 3. The quantitative estimate of drug-likeness (QED) is 0.572. The van der Waals surface area contributed by atoms with Crippen molar-refractivity contribution in [2.45, 2.75) is 26.8 Å². The van der Waals surface area contributed by atoms with Gasteiger partial charge in [0, 0.05) is 28.2 Å². The molecule has 2 heterocycles. The van der Waals surface area contributed by atoms with Gasteiger partial charge in [-0.2, -0.15) is 4.98 Å². The third-order valence-corrected chi connectivity index (χ3v) is 4.68. The van der Waals surface area contributed by atoms with Crippen LogP contribution in [0.2, 0.25) is 0 Å². The number of hydrogen-bond donors (Lipinski definition) is 1. The SMILES string of the molecule is Cc1[nH]c(-c2ccccc2)c2c1c(-c1ccccc1)nc(=O)n2C(C)C. The predicted molar refractivity (Wildman–Crippen MR) is 106 cm³/mol. The van der Waals surface area contributed by atoms with Crippen LogP contribution < -0.4 is 5.69 Å². The second kappa shape index (κ2) is 6.30. The molecular formula is C22H21N3O. The molecule has 130 valence electrons. The Morgan fingerprint density at radius 2 is 1.50 bits per heavy atom. The average molecular weight is 343 g/mol. The highest BCUT2D eigenvalue weighted by atomic mass is 16.1. The molecule has 0 unspecified atom stereocenters. The summed E-state index contributed by atoms with van der Waals surface area (Å²) in [5.74, 6) is 0. The highest BCUT2D eigenvalue weighted by molar-refractivity contribution is 6.02. The maximum Gasteiger partial charge on any atom is 0.348 e. The van der Waals surface area contributed by atoms with Crippen LogP contribution in [-0.4, -0.2) is 14.5 Å². The van der Waals surface area contributed by atoms with Gasteiger partial charge in [-0.05, 0) is 20.8 Å². The van der Waals surface area contributed by atoms with Gasteiger partial charge in [0.15, 0.2) is 0 Å². The van der Waals surface area contributed by atoms with Crippen molar-refractivity contribution in [2.75, 3.05) is 0 Å². The monoisotopic (exact) mass is 343 g/mol. The summed E-state index contributed by atoms with van der Waals surface area (Å²) >= 11 is 0. The molecule has 4 rings (SSSR count). The lowest BCUT2D eigenvalue weighted by molar-refractivity contribution is 0.587. The fraction of sp³-hybridized carbons (Fsp3) is 0.182. The number of rotatable bonds is 3. The third-order valence-electron chi connectivity index (χ3n) is 4.68. The van der Waals surface area contributed by atoms with Crippen LogP contribution in [0.5, 0.6) is 0 Å². The summed E-state index contributed by atoms with van der Waals surface area (Å²) in [5.41, 5.74) is 5.42. The van der Waals surface area contributed by atoms with E-state index in [4.69, 9.17) is 0 Å². The zero-order chi connectivity index (χ0) is 18.3. The first-order valence-corrected chi connectivity index (χ1v) is 8.83. The molecule has 0 amide bonds. The summed E-state index contributed by atoms with van der Waals surface area (Å²) < 4.78 is 1.79. The average Bonchev–Trinajstić information content (AvgIpc) is 2.99. The Balaban J connectivity index is 2.17. The van der Waals surface area contributed by atoms with E-state index in [9.17, 15) is 4.79 Å². The van der Waals surface area contributed by atoms with E-state index >= 15 is 0 Å². The highest BCUT2D eigenvalue weighted by Gasteiger charge is 2.21. The maximum atomic E-state index is 12.9. The fourth-order valence-electron chi connectivity index (χ4n) is 3.54. The molecular weight excluding hydrogens is 322 g/mol. The number of fused-ring (bicyclic) bond motifs is 1. The number of H-pyrrole nitrogens is 1. The van der Waals surface area contributed by atoms with Crippen molar-refractivity contribution in [3.63, 3.8) is 0 Å². The molecule has 2 aromatic carbocycles. The summed E-state index contributed by atoms with van der Waals surface area (Å²) in [7, 11) is 0. The number of aromatic amines is 1. The molecule has 1 N–H and O–H groups in total. The maximum absolute atomic E-state index is 12.9. The van der Waals surface area contributed by atoms with Crippen LogP contribution in [0.4, 0.5) is 0 Å². The van der Waals surface area contributed by atoms with Crippen molar-refractivity contribution < 1.29 is 0 Å². The van der Waals surface area contributed by atoms with Gasteiger partial charge in [-0.15, -0.1) is 0 Å². The molecule has 0 radical (unpaired) electrons. The number of hydrogen-bond acceptors (Lipinski definition) is 2. The van der Waals surface area contributed by atoms with Crippen LogP contribution >= 0.6 is 0 Å². The van der Waals surface area contributed by atoms with Crippen molar-refractivity contribution in [3.8, 4) is 22.5 Å². The topological polar surface area (TPSA) is 50.7 Å². The molecule has 4 aromatic rings. The van der Waals surface area contributed by atoms with Crippen molar-refractivity contribution in [1.82, 2.24) is 14.5 Å². The largest absolute Gasteiger partial charge is 0.356 e. The van der Waals surface area contributed by atoms with Gasteiger partial charge in [-0.1, -0.05) is 60.7 Å². The van der Waals surface area contributed by atoms with Gasteiger partial charge in [0.1, 0.15) is 0 Å². The van der Waals surface area contributed by atoms with E-state index in [2.05, 4.69) is 22.1 Å². The third kappa shape index (κ3) is 2.54.